The number of aliphatic hydroxyl groups is 2. The third-order valence-electron chi connectivity index (χ3n) is 6.76. The van der Waals surface area contributed by atoms with E-state index in [1.54, 1.807) is 11.3 Å². The molecule has 0 aliphatic carbocycles. The Hall–Kier alpha value is -1.83. The van der Waals surface area contributed by atoms with Crippen molar-refractivity contribution in [3.05, 3.63) is 55.6 Å². The van der Waals surface area contributed by atoms with Crippen LogP contribution in [0.5, 0.6) is 0 Å². The summed E-state index contributed by atoms with van der Waals surface area (Å²) in [4.78, 5) is 19.2. The number of benzene rings is 1. The smallest absolute Gasteiger partial charge is 0.349 e. The quantitative estimate of drug-likeness (QED) is 0.360. The predicted octanol–water partition coefficient (Wildman–Crippen LogP) is 7.20. The zero-order valence-corrected chi connectivity index (χ0v) is 23.8. The van der Waals surface area contributed by atoms with E-state index < -0.39 is 11.6 Å². The Morgan fingerprint density at radius 1 is 1.23 bits per heavy atom. The number of rotatable bonds is 8. The van der Waals surface area contributed by atoms with Crippen LogP contribution in [0.4, 0.5) is 0 Å². The summed E-state index contributed by atoms with van der Waals surface area (Å²) in [5.41, 5.74) is 2.89. The van der Waals surface area contributed by atoms with Gasteiger partial charge in [0.05, 0.1) is 17.3 Å². The molecule has 1 unspecified atom stereocenters. The van der Waals surface area contributed by atoms with Gasteiger partial charge in [-0.3, -0.25) is 0 Å². The van der Waals surface area contributed by atoms with Gasteiger partial charge in [0, 0.05) is 22.6 Å². The highest BCUT2D eigenvalue weighted by Crippen LogP contribution is 2.45. The van der Waals surface area contributed by atoms with Crippen LogP contribution in [0, 0.1) is 12.8 Å². The molecule has 192 valence electrons. The molecule has 3 rings (SSSR count). The average Bonchev–Trinajstić information content (AvgIpc) is 3.23. The van der Waals surface area contributed by atoms with Crippen LogP contribution in [0.15, 0.2) is 33.1 Å². The number of esters is 1. The van der Waals surface area contributed by atoms with Gasteiger partial charge >= 0.3 is 5.97 Å². The first-order chi connectivity index (χ1) is 16.3. The largest absolute Gasteiger partial charge is 0.511 e. The Morgan fingerprint density at radius 2 is 1.91 bits per heavy atom. The summed E-state index contributed by atoms with van der Waals surface area (Å²) in [5, 5.41) is 24.1. The highest BCUT2D eigenvalue weighted by molar-refractivity contribution is 8.04. The van der Waals surface area contributed by atoms with E-state index in [1.807, 2.05) is 32.9 Å². The fraction of sp³-hybridized carbons (Fsp3) is 0.571. The van der Waals surface area contributed by atoms with Crippen molar-refractivity contribution in [1.82, 2.24) is 4.98 Å². The molecule has 2 N–H and O–H groups in total. The molecule has 0 saturated heterocycles. The van der Waals surface area contributed by atoms with Crippen LogP contribution in [-0.2, 0) is 28.0 Å². The zero-order valence-electron chi connectivity index (χ0n) is 22.2. The van der Waals surface area contributed by atoms with E-state index in [-0.39, 0.29) is 28.6 Å². The summed E-state index contributed by atoms with van der Waals surface area (Å²) in [6.07, 6.45) is 1.59. The lowest BCUT2D eigenvalue weighted by atomic mass is 9.80. The number of thioether (sulfide) groups is 1. The van der Waals surface area contributed by atoms with Gasteiger partial charge in [-0.15, -0.1) is 11.3 Å². The van der Waals surface area contributed by atoms with E-state index in [4.69, 9.17) is 9.72 Å². The van der Waals surface area contributed by atoms with Crippen molar-refractivity contribution in [2.45, 2.75) is 103 Å². The number of aromatic nitrogens is 1. The zero-order chi connectivity index (χ0) is 26.1. The molecule has 0 radical (unpaired) electrons. The highest BCUT2D eigenvalue weighted by Gasteiger charge is 2.44. The molecule has 0 spiro atoms. The van der Waals surface area contributed by atoms with Crippen molar-refractivity contribution in [2.75, 3.05) is 0 Å². The van der Waals surface area contributed by atoms with Crippen molar-refractivity contribution in [3.63, 3.8) is 0 Å². The maximum Gasteiger partial charge on any atom is 0.349 e. The average molecular weight is 518 g/mol. The first-order valence-electron chi connectivity index (χ1n) is 12.3. The van der Waals surface area contributed by atoms with Gasteiger partial charge in [-0.25, -0.2) is 9.78 Å². The molecule has 1 aliphatic rings. The van der Waals surface area contributed by atoms with Crippen LogP contribution in [-0.4, -0.2) is 26.8 Å². The number of carbonyl (C=O) groups excluding carboxylic acids is 1. The van der Waals surface area contributed by atoms with Gasteiger partial charge in [-0.1, -0.05) is 66.3 Å². The van der Waals surface area contributed by atoms with Crippen molar-refractivity contribution in [2.24, 2.45) is 5.92 Å². The summed E-state index contributed by atoms with van der Waals surface area (Å²) in [7, 11) is 0. The highest BCUT2D eigenvalue weighted by atomic mass is 32.2. The number of hydrogen-bond donors (Lipinski definition) is 2. The fourth-order valence-electron chi connectivity index (χ4n) is 4.32. The minimum atomic E-state index is -0.768. The van der Waals surface area contributed by atoms with Gasteiger partial charge in [0.2, 0.25) is 0 Å². The number of carbonyl (C=O) groups is 1. The summed E-state index contributed by atoms with van der Waals surface area (Å²) in [6, 6.07) is 3.99. The fourth-order valence-corrected chi connectivity index (χ4v) is 6.43. The number of thiazole rings is 1. The molecule has 1 aliphatic heterocycles. The number of hydrogen-bond acceptors (Lipinski definition) is 7. The van der Waals surface area contributed by atoms with Gasteiger partial charge < -0.3 is 14.9 Å². The molecule has 7 heteroatoms. The second-order valence-corrected chi connectivity index (χ2v) is 13.1. The molecule has 5 nitrogen and oxygen atoms in total. The minimum Gasteiger partial charge on any atom is -0.511 e. The number of cyclic esters (lactones) is 1. The number of aryl methyl sites for hydroxylation is 2. The molecule has 2 heterocycles. The SMILES string of the molecule is Cc1cc(SC2=C(O)CC(CCc3csc(C(C)C)n3)(C(C)C)OC2=O)c(C(C)(C)C)cc1CO. The van der Waals surface area contributed by atoms with Gasteiger partial charge in [-0.2, -0.15) is 0 Å². The molecule has 1 aromatic heterocycles. The Bertz CT molecular complexity index is 1110. The Morgan fingerprint density at radius 3 is 2.43 bits per heavy atom. The Kier molecular flexibility index (Phi) is 8.45. The lowest BCUT2D eigenvalue weighted by molar-refractivity contribution is -0.164. The molecule has 0 fully saturated rings. The van der Waals surface area contributed by atoms with Gasteiger partial charge in [-0.05, 0) is 53.9 Å². The molecule has 2 aromatic rings. The third kappa shape index (κ3) is 6.12. The van der Waals surface area contributed by atoms with Gasteiger partial charge in [0.15, 0.2) is 0 Å². The summed E-state index contributed by atoms with van der Waals surface area (Å²) < 4.78 is 6.13. The first kappa shape index (κ1) is 27.8. The second-order valence-electron chi connectivity index (χ2n) is 11.2. The van der Waals surface area contributed by atoms with Crippen LogP contribution >= 0.6 is 23.1 Å². The van der Waals surface area contributed by atoms with E-state index in [1.165, 1.54) is 11.8 Å². The number of aliphatic hydroxyl groups excluding tert-OH is 2. The summed E-state index contributed by atoms with van der Waals surface area (Å²) in [5.74, 6) is 0.0432. The molecule has 0 amide bonds. The maximum atomic E-state index is 13.3. The van der Waals surface area contributed by atoms with Crippen LogP contribution in [0.3, 0.4) is 0 Å². The first-order valence-corrected chi connectivity index (χ1v) is 14.0. The van der Waals surface area contributed by atoms with E-state index in [0.717, 1.165) is 32.3 Å². The number of ether oxygens (including phenoxy) is 1. The molecule has 1 aromatic carbocycles. The Labute approximate surface area is 218 Å². The van der Waals surface area contributed by atoms with E-state index >= 15 is 0 Å². The normalized spacial score (nSPS) is 19.1. The second kappa shape index (κ2) is 10.7. The van der Waals surface area contributed by atoms with Crippen molar-refractivity contribution in [1.29, 1.82) is 0 Å². The van der Waals surface area contributed by atoms with Crippen molar-refractivity contribution >= 4 is 29.1 Å². The molecule has 35 heavy (non-hydrogen) atoms. The Balaban J connectivity index is 1.89. The topological polar surface area (TPSA) is 79.7 Å². The molecule has 1 atom stereocenters. The summed E-state index contributed by atoms with van der Waals surface area (Å²) >= 11 is 2.93. The van der Waals surface area contributed by atoms with Crippen molar-refractivity contribution in [3.8, 4) is 0 Å². The third-order valence-corrected chi connectivity index (χ3v) is 9.12. The summed E-state index contributed by atoms with van der Waals surface area (Å²) in [6.45, 7) is 16.5. The van der Waals surface area contributed by atoms with E-state index in [2.05, 4.69) is 40.0 Å². The van der Waals surface area contributed by atoms with Crippen LogP contribution in [0.1, 0.15) is 94.6 Å². The predicted molar refractivity (Wildman–Crippen MR) is 144 cm³/mol. The van der Waals surface area contributed by atoms with Crippen LogP contribution in [0.2, 0.25) is 0 Å². The van der Waals surface area contributed by atoms with Crippen LogP contribution in [0.25, 0.3) is 0 Å². The number of nitrogens with zero attached hydrogens (tertiary/aromatic N) is 1. The monoisotopic (exact) mass is 517 g/mol. The molecular formula is C28H39NO4S2. The molecular weight excluding hydrogens is 478 g/mol. The van der Waals surface area contributed by atoms with Gasteiger partial charge in [0.25, 0.3) is 0 Å². The van der Waals surface area contributed by atoms with Crippen LogP contribution < -0.4 is 0 Å². The molecule has 0 bridgehead atoms. The van der Waals surface area contributed by atoms with Crippen molar-refractivity contribution < 1.29 is 19.7 Å². The van der Waals surface area contributed by atoms with Gasteiger partial charge in [0.1, 0.15) is 16.3 Å². The molecule has 0 saturated carbocycles. The van der Waals surface area contributed by atoms with E-state index in [9.17, 15) is 15.0 Å². The maximum absolute atomic E-state index is 13.3. The minimum absolute atomic E-state index is 0.0373. The van der Waals surface area contributed by atoms with E-state index in [0.29, 0.717) is 25.2 Å². The lowest BCUT2D eigenvalue weighted by Gasteiger charge is -2.40. The lowest BCUT2D eigenvalue weighted by Crippen LogP contribution is -2.44. The standard InChI is InChI=1S/C28H39NO4S2/c1-16(2)25-29-20(15-34-25)9-10-28(17(3)4)13-22(31)24(26(32)33-28)35-23-11-18(5)19(14-30)12-21(23)27(6,7)8/h11-12,15-17,30-31H,9-10,13-14H2,1-8H3.